The van der Waals surface area contributed by atoms with Gasteiger partial charge in [-0.2, -0.15) is 10.1 Å². The summed E-state index contributed by atoms with van der Waals surface area (Å²) in [7, 11) is 4.65. The highest BCUT2D eigenvalue weighted by molar-refractivity contribution is 6.30. The lowest BCUT2D eigenvalue weighted by atomic mass is 9.93. The van der Waals surface area contributed by atoms with Crippen molar-refractivity contribution in [2.45, 2.75) is 13.0 Å². The van der Waals surface area contributed by atoms with Crippen LogP contribution in [0.15, 0.2) is 54.0 Å². The van der Waals surface area contributed by atoms with Gasteiger partial charge in [-0.05, 0) is 37.3 Å². The molecule has 1 aliphatic rings. The zero-order chi connectivity index (χ0) is 22.8. The fourth-order valence-electron chi connectivity index (χ4n) is 3.67. The Labute approximate surface area is 190 Å². The molecule has 4 rings (SSSR count). The van der Waals surface area contributed by atoms with Gasteiger partial charge in [0.1, 0.15) is 18.1 Å². The van der Waals surface area contributed by atoms with E-state index in [4.69, 9.17) is 25.8 Å². The third-order valence-corrected chi connectivity index (χ3v) is 5.42. The van der Waals surface area contributed by atoms with E-state index in [1.165, 1.54) is 6.33 Å². The van der Waals surface area contributed by atoms with Crippen molar-refractivity contribution in [1.82, 2.24) is 14.8 Å². The number of carbonyl (C=O) groups is 1. The van der Waals surface area contributed by atoms with Crippen molar-refractivity contribution >= 4 is 29.1 Å². The number of aromatic nitrogens is 3. The quantitative estimate of drug-likeness (QED) is 0.581. The van der Waals surface area contributed by atoms with E-state index < -0.39 is 6.04 Å². The molecular formula is C22H22ClN5O4. The number of hydrogen-bond donors (Lipinski definition) is 2. The number of carbonyl (C=O) groups excluding carboxylic acids is 1. The van der Waals surface area contributed by atoms with Gasteiger partial charge in [0.2, 0.25) is 5.95 Å². The van der Waals surface area contributed by atoms with Crippen LogP contribution < -0.4 is 24.8 Å². The maximum absolute atomic E-state index is 13.5. The number of nitrogens with one attached hydrogen (secondary N) is 2. The number of anilines is 2. The highest BCUT2D eigenvalue weighted by Gasteiger charge is 2.36. The normalized spacial score (nSPS) is 15.0. The van der Waals surface area contributed by atoms with E-state index in [1.807, 2.05) is 6.92 Å². The van der Waals surface area contributed by atoms with E-state index in [0.717, 1.165) is 0 Å². The minimum Gasteiger partial charge on any atom is -0.496 e. The van der Waals surface area contributed by atoms with Crippen LogP contribution in [0.1, 0.15) is 18.5 Å². The monoisotopic (exact) mass is 455 g/mol. The smallest absolute Gasteiger partial charge is 0.255 e. The van der Waals surface area contributed by atoms with Crippen molar-refractivity contribution in [2.75, 3.05) is 32.0 Å². The molecule has 32 heavy (non-hydrogen) atoms. The number of benzene rings is 2. The summed E-state index contributed by atoms with van der Waals surface area (Å²) in [4.78, 5) is 17.7. The van der Waals surface area contributed by atoms with Crippen LogP contribution in [0.25, 0.3) is 0 Å². The first kappa shape index (κ1) is 21.5. The van der Waals surface area contributed by atoms with Crippen LogP contribution in [0.4, 0.5) is 11.6 Å². The van der Waals surface area contributed by atoms with Crippen molar-refractivity contribution in [3.05, 3.63) is 64.6 Å². The lowest BCUT2D eigenvalue weighted by Crippen LogP contribution is -2.31. The molecule has 166 valence electrons. The van der Waals surface area contributed by atoms with Gasteiger partial charge >= 0.3 is 0 Å². The molecular weight excluding hydrogens is 434 g/mol. The maximum Gasteiger partial charge on any atom is 0.255 e. The van der Waals surface area contributed by atoms with E-state index in [9.17, 15) is 4.79 Å². The van der Waals surface area contributed by atoms with Crippen molar-refractivity contribution in [2.24, 2.45) is 0 Å². The third kappa shape index (κ3) is 3.82. The molecule has 1 aliphatic heterocycles. The summed E-state index contributed by atoms with van der Waals surface area (Å²) in [5, 5.41) is 11.0. The van der Waals surface area contributed by atoms with E-state index in [2.05, 4.69) is 20.7 Å². The largest absolute Gasteiger partial charge is 0.496 e. The number of allylic oxidation sites excluding steroid dienone is 1. The van der Waals surface area contributed by atoms with Gasteiger partial charge in [-0.3, -0.25) is 4.79 Å². The van der Waals surface area contributed by atoms with Crippen LogP contribution in [0.3, 0.4) is 0 Å². The summed E-state index contributed by atoms with van der Waals surface area (Å²) in [6, 6.07) is 9.76. The molecule has 3 aromatic rings. The summed E-state index contributed by atoms with van der Waals surface area (Å²) in [5.41, 5.74) is 2.36. The average Bonchev–Trinajstić information content (AvgIpc) is 3.26. The molecule has 2 aromatic carbocycles. The molecule has 0 bridgehead atoms. The van der Waals surface area contributed by atoms with Crippen LogP contribution in [0.5, 0.6) is 17.2 Å². The number of nitrogens with zero attached hydrogens (tertiary/aromatic N) is 3. The summed E-state index contributed by atoms with van der Waals surface area (Å²) >= 11 is 5.97. The highest BCUT2D eigenvalue weighted by Crippen LogP contribution is 2.43. The molecule has 0 aliphatic carbocycles. The Morgan fingerprint density at radius 1 is 1.06 bits per heavy atom. The summed E-state index contributed by atoms with van der Waals surface area (Å²) < 4.78 is 18.2. The molecule has 0 radical (unpaired) electrons. The van der Waals surface area contributed by atoms with Crippen LogP contribution in [-0.4, -0.2) is 42.0 Å². The Kier molecular flexibility index (Phi) is 5.91. The van der Waals surface area contributed by atoms with Gasteiger partial charge < -0.3 is 24.8 Å². The maximum atomic E-state index is 13.5. The minimum absolute atomic E-state index is 0.305. The lowest BCUT2D eigenvalue weighted by molar-refractivity contribution is -0.113. The first-order valence-corrected chi connectivity index (χ1v) is 10.1. The predicted molar refractivity (Wildman–Crippen MR) is 121 cm³/mol. The van der Waals surface area contributed by atoms with Gasteiger partial charge in [-0.15, -0.1) is 0 Å². The number of ether oxygens (including phenoxy) is 3. The van der Waals surface area contributed by atoms with E-state index >= 15 is 0 Å². The van der Waals surface area contributed by atoms with Crippen LogP contribution in [0.2, 0.25) is 5.02 Å². The van der Waals surface area contributed by atoms with Gasteiger partial charge in [-0.1, -0.05) is 11.6 Å². The molecule has 1 unspecified atom stereocenters. The van der Waals surface area contributed by atoms with Crippen LogP contribution in [0, 0.1) is 0 Å². The fourth-order valence-corrected chi connectivity index (χ4v) is 3.80. The molecule has 1 atom stereocenters. The molecule has 0 saturated carbocycles. The zero-order valence-electron chi connectivity index (χ0n) is 18.0. The number of hydrogen-bond acceptors (Lipinski definition) is 7. The standard InChI is InChI=1S/C22H22ClN5O4/c1-12-19(21(29)27-14-7-5-13(23)6-8-14)20(28-22(26-12)24-11-25-28)15-9-17(31-3)18(32-4)10-16(15)30-2/h5-11,20H,1-4H3,(H,27,29)(H,24,25,26). The number of methoxy groups -OCH3 is 3. The first-order valence-electron chi connectivity index (χ1n) is 9.71. The summed E-state index contributed by atoms with van der Waals surface area (Å²) in [6.07, 6.45) is 1.43. The topological polar surface area (TPSA) is 99.5 Å². The summed E-state index contributed by atoms with van der Waals surface area (Å²) in [5.74, 6) is 1.72. The molecule has 10 heteroatoms. The number of halogens is 1. The van der Waals surface area contributed by atoms with Crippen molar-refractivity contribution < 1.29 is 19.0 Å². The Bertz CT molecular complexity index is 1190. The molecule has 0 spiro atoms. The number of amides is 1. The van der Waals surface area contributed by atoms with Gasteiger partial charge in [0.05, 0.1) is 26.9 Å². The fraction of sp³-hybridized carbons (Fsp3) is 0.227. The van der Waals surface area contributed by atoms with Crippen molar-refractivity contribution in [3.8, 4) is 17.2 Å². The zero-order valence-corrected chi connectivity index (χ0v) is 18.7. The first-order chi connectivity index (χ1) is 15.5. The molecule has 1 aromatic heterocycles. The molecule has 0 fully saturated rings. The second-order valence-electron chi connectivity index (χ2n) is 7.00. The molecule has 9 nitrogen and oxygen atoms in total. The SMILES string of the molecule is COc1cc(OC)c(C2C(C(=O)Nc3ccc(Cl)cc3)=C(C)Nc3ncnn32)cc1OC. The second-order valence-corrected chi connectivity index (χ2v) is 7.44. The Balaban J connectivity index is 1.84. The molecule has 1 amide bonds. The van der Waals surface area contributed by atoms with Crippen molar-refractivity contribution in [3.63, 3.8) is 0 Å². The van der Waals surface area contributed by atoms with Crippen molar-refractivity contribution in [1.29, 1.82) is 0 Å². The Morgan fingerprint density at radius 2 is 1.72 bits per heavy atom. The minimum atomic E-state index is -0.629. The number of rotatable bonds is 6. The van der Waals surface area contributed by atoms with Gasteiger partial charge in [0.15, 0.2) is 11.5 Å². The van der Waals surface area contributed by atoms with E-state index in [0.29, 0.717) is 50.7 Å². The highest BCUT2D eigenvalue weighted by atomic mass is 35.5. The van der Waals surface area contributed by atoms with Gasteiger partial charge in [-0.25, -0.2) is 4.68 Å². The third-order valence-electron chi connectivity index (χ3n) is 5.17. The van der Waals surface area contributed by atoms with E-state index in [1.54, 1.807) is 62.4 Å². The summed E-state index contributed by atoms with van der Waals surface area (Å²) in [6.45, 7) is 1.81. The lowest BCUT2D eigenvalue weighted by Gasteiger charge is -2.30. The van der Waals surface area contributed by atoms with Crippen LogP contribution in [-0.2, 0) is 4.79 Å². The molecule has 0 saturated heterocycles. The number of fused-ring (bicyclic) bond motifs is 1. The Hall–Kier alpha value is -3.72. The average molecular weight is 456 g/mol. The second kappa shape index (κ2) is 8.80. The molecule has 2 N–H and O–H groups in total. The van der Waals surface area contributed by atoms with Crippen LogP contribution >= 0.6 is 11.6 Å². The molecule has 2 heterocycles. The van der Waals surface area contributed by atoms with E-state index in [-0.39, 0.29) is 5.91 Å². The Morgan fingerprint density at radius 3 is 2.38 bits per heavy atom. The predicted octanol–water partition coefficient (Wildman–Crippen LogP) is 3.88. The van der Waals surface area contributed by atoms with Gasteiger partial charge in [0, 0.05) is 28.0 Å². The van der Waals surface area contributed by atoms with Gasteiger partial charge in [0.25, 0.3) is 5.91 Å².